The van der Waals surface area contributed by atoms with Crippen LogP contribution in [0.15, 0.2) is 51.5 Å². The molecule has 0 N–H and O–H groups in total. The zero-order valence-electron chi connectivity index (χ0n) is 15.7. The van der Waals surface area contributed by atoms with Crippen LogP contribution in [-0.4, -0.2) is 42.0 Å². The number of rotatable bonds is 5. The monoisotopic (exact) mass is 394 g/mol. The molecule has 0 radical (unpaired) electrons. The molecule has 1 aliphatic heterocycles. The lowest BCUT2D eigenvalue weighted by molar-refractivity contribution is -0.131. The molecular weight excluding hydrogens is 375 g/mol. The fourth-order valence-electron chi connectivity index (χ4n) is 3.36. The minimum absolute atomic E-state index is 0.0118. The molecule has 1 aliphatic rings. The number of piperazine rings is 1. The molecule has 0 aliphatic carbocycles. The highest BCUT2D eigenvalue weighted by molar-refractivity contribution is 5.76. The molecule has 3 heterocycles. The van der Waals surface area contributed by atoms with Crippen molar-refractivity contribution in [1.29, 1.82) is 5.26 Å². The summed E-state index contributed by atoms with van der Waals surface area (Å²) in [5.74, 6) is 0.797. The minimum Gasteiger partial charge on any atom is -0.459 e. The number of benzene rings is 1. The second kappa shape index (κ2) is 8.19. The van der Waals surface area contributed by atoms with E-state index in [1.54, 1.807) is 35.2 Å². The van der Waals surface area contributed by atoms with Crippen molar-refractivity contribution in [3.05, 3.63) is 59.7 Å². The van der Waals surface area contributed by atoms with Crippen molar-refractivity contribution in [3.8, 4) is 17.7 Å². The van der Waals surface area contributed by atoms with Crippen LogP contribution in [0.2, 0.25) is 0 Å². The van der Waals surface area contributed by atoms with E-state index in [0.29, 0.717) is 49.8 Å². The van der Waals surface area contributed by atoms with Gasteiger partial charge in [-0.15, -0.1) is 0 Å². The van der Waals surface area contributed by atoms with Crippen molar-refractivity contribution in [3.63, 3.8) is 0 Å². The first-order chi connectivity index (χ1) is 14.2. The van der Waals surface area contributed by atoms with Gasteiger partial charge < -0.3 is 18.6 Å². The minimum atomic E-state index is -0.285. The molecule has 0 saturated carbocycles. The van der Waals surface area contributed by atoms with Gasteiger partial charge in [0.1, 0.15) is 11.9 Å². The number of nitriles is 1. The molecule has 0 spiro atoms. The van der Waals surface area contributed by atoms with Crippen molar-refractivity contribution in [2.24, 2.45) is 0 Å². The number of anilines is 1. The number of aromatic nitrogens is 1. The van der Waals surface area contributed by atoms with Crippen LogP contribution in [0.3, 0.4) is 0 Å². The summed E-state index contributed by atoms with van der Waals surface area (Å²) in [6, 6.07) is 12.0. The van der Waals surface area contributed by atoms with E-state index in [-0.39, 0.29) is 29.7 Å². The van der Waals surface area contributed by atoms with Gasteiger partial charge in [0.05, 0.1) is 6.26 Å². The van der Waals surface area contributed by atoms with Gasteiger partial charge in [0.15, 0.2) is 5.76 Å². The Labute approximate surface area is 167 Å². The number of carbonyl (C=O) groups excluding carboxylic acids is 1. The molecule has 1 aromatic carbocycles. The Bertz CT molecular complexity index is 1030. The van der Waals surface area contributed by atoms with Gasteiger partial charge in [-0.05, 0) is 30.2 Å². The maximum Gasteiger partial charge on any atom is 0.266 e. The van der Waals surface area contributed by atoms with Crippen molar-refractivity contribution >= 4 is 11.8 Å². The SMILES string of the molecule is N#Cc1nc(-c2ccco2)oc1N1CCN(C(=O)CCc2ccccc2F)CC1. The zero-order chi connectivity index (χ0) is 20.2. The Morgan fingerprint density at radius 3 is 2.66 bits per heavy atom. The summed E-state index contributed by atoms with van der Waals surface area (Å²) in [5, 5.41) is 9.38. The van der Waals surface area contributed by atoms with Crippen LogP contribution in [0.5, 0.6) is 0 Å². The van der Waals surface area contributed by atoms with E-state index in [1.807, 2.05) is 11.0 Å². The molecule has 8 heteroatoms. The highest BCUT2D eigenvalue weighted by atomic mass is 19.1. The number of furan rings is 1. The van der Waals surface area contributed by atoms with Crippen LogP contribution in [-0.2, 0) is 11.2 Å². The number of carbonyl (C=O) groups is 1. The number of oxazole rings is 1. The van der Waals surface area contributed by atoms with E-state index >= 15 is 0 Å². The van der Waals surface area contributed by atoms with Gasteiger partial charge in [0, 0.05) is 32.6 Å². The number of nitrogens with zero attached hydrogens (tertiary/aromatic N) is 4. The number of hydrogen-bond acceptors (Lipinski definition) is 6. The quantitative estimate of drug-likeness (QED) is 0.660. The first kappa shape index (κ1) is 18.7. The third-order valence-corrected chi connectivity index (χ3v) is 4.93. The summed E-state index contributed by atoms with van der Waals surface area (Å²) >= 11 is 0. The molecule has 4 rings (SSSR count). The lowest BCUT2D eigenvalue weighted by Gasteiger charge is -2.34. The van der Waals surface area contributed by atoms with Gasteiger partial charge in [-0.1, -0.05) is 18.2 Å². The van der Waals surface area contributed by atoms with Crippen LogP contribution in [0.4, 0.5) is 10.3 Å². The normalized spacial score (nSPS) is 14.1. The second-order valence-electron chi connectivity index (χ2n) is 6.72. The van der Waals surface area contributed by atoms with Gasteiger partial charge >= 0.3 is 0 Å². The molecule has 148 valence electrons. The van der Waals surface area contributed by atoms with Gasteiger partial charge in [-0.2, -0.15) is 10.2 Å². The molecule has 3 aromatic rings. The van der Waals surface area contributed by atoms with E-state index in [0.717, 1.165) is 0 Å². The summed E-state index contributed by atoms with van der Waals surface area (Å²) < 4.78 is 24.7. The zero-order valence-corrected chi connectivity index (χ0v) is 15.7. The molecular formula is C21H19FN4O3. The van der Waals surface area contributed by atoms with E-state index in [4.69, 9.17) is 8.83 Å². The topological polar surface area (TPSA) is 86.5 Å². The Morgan fingerprint density at radius 2 is 1.97 bits per heavy atom. The van der Waals surface area contributed by atoms with Gasteiger partial charge in [-0.25, -0.2) is 4.39 Å². The van der Waals surface area contributed by atoms with Crippen LogP contribution in [0.25, 0.3) is 11.7 Å². The highest BCUT2D eigenvalue weighted by Gasteiger charge is 2.27. The Kier molecular flexibility index (Phi) is 5.29. The summed E-state index contributed by atoms with van der Waals surface area (Å²) in [7, 11) is 0. The van der Waals surface area contributed by atoms with Gasteiger partial charge in [0.25, 0.3) is 5.89 Å². The second-order valence-corrected chi connectivity index (χ2v) is 6.72. The largest absolute Gasteiger partial charge is 0.459 e. The van der Waals surface area contributed by atoms with E-state index in [9.17, 15) is 14.4 Å². The summed E-state index contributed by atoms with van der Waals surface area (Å²) in [5.41, 5.74) is 0.737. The average Bonchev–Trinajstić information content (AvgIpc) is 3.42. The summed E-state index contributed by atoms with van der Waals surface area (Å²) in [4.78, 5) is 20.3. The number of aryl methyl sites for hydroxylation is 1. The summed E-state index contributed by atoms with van der Waals surface area (Å²) in [6.45, 7) is 2.04. The van der Waals surface area contributed by atoms with Gasteiger partial charge in [0.2, 0.25) is 17.5 Å². The predicted molar refractivity (Wildman–Crippen MR) is 102 cm³/mol. The molecule has 0 atom stereocenters. The van der Waals surface area contributed by atoms with Crippen LogP contribution < -0.4 is 4.90 Å². The fourth-order valence-corrected chi connectivity index (χ4v) is 3.36. The molecule has 1 saturated heterocycles. The van der Waals surface area contributed by atoms with Crippen molar-refractivity contribution < 1.29 is 18.0 Å². The maximum atomic E-state index is 13.7. The van der Waals surface area contributed by atoms with Crippen LogP contribution in [0.1, 0.15) is 17.7 Å². The molecule has 1 amide bonds. The third kappa shape index (κ3) is 3.99. The maximum absolute atomic E-state index is 13.7. The van der Waals surface area contributed by atoms with Gasteiger partial charge in [-0.3, -0.25) is 4.79 Å². The lowest BCUT2D eigenvalue weighted by atomic mass is 10.1. The standard InChI is InChI=1S/C21H19FN4O3/c22-16-5-2-1-4-15(16)7-8-19(27)25-9-11-26(12-10-25)21-17(14-23)24-20(29-21)18-6-3-13-28-18/h1-6,13H,7-12H2. The molecule has 1 fully saturated rings. The first-order valence-corrected chi connectivity index (χ1v) is 9.36. The molecule has 0 bridgehead atoms. The summed E-state index contributed by atoms with van der Waals surface area (Å²) in [6.07, 6.45) is 2.14. The van der Waals surface area contributed by atoms with Crippen LogP contribution >= 0.6 is 0 Å². The average molecular weight is 394 g/mol. The smallest absolute Gasteiger partial charge is 0.266 e. The third-order valence-electron chi connectivity index (χ3n) is 4.93. The molecule has 0 unspecified atom stereocenters. The molecule has 7 nitrogen and oxygen atoms in total. The first-order valence-electron chi connectivity index (χ1n) is 9.36. The van der Waals surface area contributed by atoms with Crippen LogP contribution in [0, 0.1) is 17.1 Å². The van der Waals surface area contributed by atoms with Crippen molar-refractivity contribution in [2.45, 2.75) is 12.8 Å². The predicted octanol–water partition coefficient (Wildman–Crippen LogP) is 3.23. The Hall–Kier alpha value is -3.60. The Morgan fingerprint density at radius 1 is 1.17 bits per heavy atom. The lowest BCUT2D eigenvalue weighted by Crippen LogP contribution is -2.49. The van der Waals surface area contributed by atoms with E-state index in [2.05, 4.69) is 4.98 Å². The number of halogens is 1. The van der Waals surface area contributed by atoms with Crippen molar-refractivity contribution in [2.75, 3.05) is 31.1 Å². The Balaban J connectivity index is 1.36. The fraction of sp³-hybridized carbons (Fsp3) is 0.286. The number of hydrogen-bond donors (Lipinski definition) is 0. The molecule has 29 heavy (non-hydrogen) atoms. The van der Waals surface area contributed by atoms with Crippen molar-refractivity contribution in [1.82, 2.24) is 9.88 Å². The van der Waals surface area contributed by atoms with E-state index in [1.165, 1.54) is 12.3 Å². The highest BCUT2D eigenvalue weighted by Crippen LogP contribution is 2.29. The molecule has 2 aromatic heterocycles. The number of amides is 1. The van der Waals surface area contributed by atoms with E-state index < -0.39 is 0 Å².